The van der Waals surface area contributed by atoms with E-state index in [1.807, 2.05) is 18.2 Å². The van der Waals surface area contributed by atoms with Gasteiger partial charge < -0.3 is 5.32 Å². The van der Waals surface area contributed by atoms with Crippen LogP contribution in [-0.2, 0) is 6.42 Å². The second kappa shape index (κ2) is 5.84. The Morgan fingerprint density at radius 3 is 2.82 bits per heavy atom. The van der Waals surface area contributed by atoms with Gasteiger partial charge in [-0.25, -0.2) is 0 Å². The number of aryl methyl sites for hydroxylation is 1. The van der Waals surface area contributed by atoms with Gasteiger partial charge in [-0.2, -0.15) is 5.10 Å². The summed E-state index contributed by atoms with van der Waals surface area (Å²) >= 11 is 0. The lowest BCUT2D eigenvalue weighted by Gasteiger charge is -2.03. The predicted octanol–water partition coefficient (Wildman–Crippen LogP) is 1.77. The van der Waals surface area contributed by atoms with Crippen LogP contribution < -0.4 is 5.32 Å². The summed E-state index contributed by atoms with van der Waals surface area (Å²) in [7, 11) is 0. The van der Waals surface area contributed by atoms with Crippen molar-refractivity contribution in [1.82, 2.24) is 15.5 Å². The number of hydrogen-bond acceptors (Lipinski definition) is 2. The number of nitrogens with one attached hydrogen (secondary N) is 2. The largest absolute Gasteiger partial charge is 0.352 e. The maximum Gasteiger partial charge on any atom is 0.254 e. The number of aromatic amines is 1. The zero-order valence-electron chi connectivity index (χ0n) is 9.52. The third kappa shape index (κ3) is 3.45. The Bertz CT molecular complexity index is 451. The van der Waals surface area contributed by atoms with Gasteiger partial charge in [0, 0.05) is 12.7 Å². The van der Waals surface area contributed by atoms with E-state index in [9.17, 15) is 4.79 Å². The molecule has 1 aromatic carbocycles. The monoisotopic (exact) mass is 229 g/mol. The molecule has 2 rings (SSSR count). The molecule has 0 saturated heterocycles. The molecule has 2 aromatic rings. The smallest absolute Gasteiger partial charge is 0.254 e. The summed E-state index contributed by atoms with van der Waals surface area (Å²) in [6.45, 7) is 0.679. The molecular weight excluding hydrogens is 214 g/mol. The van der Waals surface area contributed by atoms with Crippen molar-refractivity contribution in [2.75, 3.05) is 6.54 Å². The van der Waals surface area contributed by atoms with E-state index in [0.717, 1.165) is 12.8 Å². The van der Waals surface area contributed by atoms with Crippen LogP contribution in [-0.4, -0.2) is 22.6 Å². The molecule has 88 valence electrons. The highest BCUT2D eigenvalue weighted by atomic mass is 16.1. The molecule has 2 N–H and O–H groups in total. The molecule has 4 heteroatoms. The molecule has 0 fully saturated rings. The van der Waals surface area contributed by atoms with E-state index in [2.05, 4.69) is 27.6 Å². The Morgan fingerprint density at radius 2 is 2.12 bits per heavy atom. The van der Waals surface area contributed by atoms with Crippen molar-refractivity contribution in [1.29, 1.82) is 0 Å². The molecule has 0 atom stereocenters. The second-order valence-corrected chi connectivity index (χ2v) is 3.83. The summed E-state index contributed by atoms with van der Waals surface area (Å²) in [6.07, 6.45) is 5.03. The van der Waals surface area contributed by atoms with Crippen molar-refractivity contribution >= 4 is 5.91 Å². The molecule has 0 saturated carbocycles. The third-order valence-electron chi connectivity index (χ3n) is 2.53. The van der Waals surface area contributed by atoms with E-state index < -0.39 is 0 Å². The van der Waals surface area contributed by atoms with Gasteiger partial charge in [0.15, 0.2) is 0 Å². The summed E-state index contributed by atoms with van der Waals surface area (Å²) in [5.41, 5.74) is 1.87. The van der Waals surface area contributed by atoms with Crippen LogP contribution in [0.4, 0.5) is 0 Å². The number of benzene rings is 1. The van der Waals surface area contributed by atoms with Crippen molar-refractivity contribution in [2.24, 2.45) is 0 Å². The van der Waals surface area contributed by atoms with Crippen LogP contribution in [0.1, 0.15) is 22.3 Å². The van der Waals surface area contributed by atoms with Crippen molar-refractivity contribution in [3.05, 3.63) is 53.9 Å². The molecule has 0 radical (unpaired) electrons. The maximum absolute atomic E-state index is 11.5. The molecule has 1 amide bonds. The topological polar surface area (TPSA) is 57.8 Å². The summed E-state index contributed by atoms with van der Waals surface area (Å²) in [4.78, 5) is 11.5. The number of carbonyl (C=O) groups excluding carboxylic acids is 1. The molecule has 1 heterocycles. The fourth-order valence-corrected chi connectivity index (χ4v) is 1.62. The van der Waals surface area contributed by atoms with E-state index in [-0.39, 0.29) is 5.91 Å². The first kappa shape index (κ1) is 11.4. The Hall–Kier alpha value is -2.10. The fourth-order valence-electron chi connectivity index (χ4n) is 1.62. The molecule has 1 aromatic heterocycles. The Balaban J connectivity index is 1.69. The van der Waals surface area contributed by atoms with E-state index >= 15 is 0 Å². The Labute approximate surface area is 100 Å². The van der Waals surface area contributed by atoms with E-state index in [4.69, 9.17) is 0 Å². The van der Waals surface area contributed by atoms with Gasteiger partial charge in [0.05, 0.1) is 11.8 Å². The van der Waals surface area contributed by atoms with Crippen molar-refractivity contribution < 1.29 is 4.79 Å². The predicted molar refractivity (Wildman–Crippen MR) is 65.7 cm³/mol. The molecule has 4 nitrogen and oxygen atoms in total. The van der Waals surface area contributed by atoms with Crippen LogP contribution in [0.15, 0.2) is 42.7 Å². The average Bonchev–Trinajstić information content (AvgIpc) is 2.89. The Kier molecular flexibility index (Phi) is 3.91. The maximum atomic E-state index is 11.5. The summed E-state index contributed by atoms with van der Waals surface area (Å²) in [5, 5.41) is 9.21. The number of rotatable bonds is 5. The lowest BCUT2D eigenvalue weighted by molar-refractivity contribution is 0.0953. The molecular formula is C13H15N3O. The zero-order chi connectivity index (χ0) is 11.9. The highest BCUT2D eigenvalue weighted by Crippen LogP contribution is 2.01. The first-order valence-electron chi connectivity index (χ1n) is 5.67. The lowest BCUT2D eigenvalue weighted by atomic mass is 10.1. The number of nitrogens with zero attached hydrogens (tertiary/aromatic N) is 1. The van der Waals surface area contributed by atoms with E-state index in [0.29, 0.717) is 12.1 Å². The van der Waals surface area contributed by atoms with Crippen LogP contribution in [0.5, 0.6) is 0 Å². The number of hydrogen-bond donors (Lipinski definition) is 2. The van der Waals surface area contributed by atoms with Crippen LogP contribution in [0.25, 0.3) is 0 Å². The second-order valence-electron chi connectivity index (χ2n) is 3.83. The van der Waals surface area contributed by atoms with Gasteiger partial charge in [-0.3, -0.25) is 9.89 Å². The molecule has 17 heavy (non-hydrogen) atoms. The summed E-state index contributed by atoms with van der Waals surface area (Å²) in [5.74, 6) is -0.0770. The van der Waals surface area contributed by atoms with E-state index in [1.165, 1.54) is 11.8 Å². The van der Waals surface area contributed by atoms with Gasteiger partial charge in [0.1, 0.15) is 0 Å². The number of amides is 1. The highest BCUT2D eigenvalue weighted by molar-refractivity contribution is 5.93. The SMILES string of the molecule is O=C(NCCCc1ccccc1)c1cn[nH]c1. The van der Waals surface area contributed by atoms with Gasteiger partial charge >= 0.3 is 0 Å². The number of aromatic nitrogens is 2. The minimum absolute atomic E-state index is 0.0770. The molecule has 0 aliphatic rings. The van der Waals surface area contributed by atoms with Crippen LogP contribution in [0, 0.1) is 0 Å². The van der Waals surface area contributed by atoms with Crippen LogP contribution >= 0.6 is 0 Å². The summed E-state index contributed by atoms with van der Waals surface area (Å²) < 4.78 is 0. The third-order valence-corrected chi connectivity index (χ3v) is 2.53. The summed E-state index contributed by atoms with van der Waals surface area (Å²) in [6, 6.07) is 10.2. The van der Waals surface area contributed by atoms with Crippen LogP contribution in [0.3, 0.4) is 0 Å². The Morgan fingerprint density at radius 1 is 1.29 bits per heavy atom. The first-order chi connectivity index (χ1) is 8.36. The normalized spacial score (nSPS) is 10.1. The van der Waals surface area contributed by atoms with Gasteiger partial charge in [0.25, 0.3) is 5.91 Å². The first-order valence-corrected chi connectivity index (χ1v) is 5.67. The lowest BCUT2D eigenvalue weighted by Crippen LogP contribution is -2.24. The zero-order valence-corrected chi connectivity index (χ0v) is 9.52. The van der Waals surface area contributed by atoms with Gasteiger partial charge in [-0.15, -0.1) is 0 Å². The minimum atomic E-state index is -0.0770. The van der Waals surface area contributed by atoms with Gasteiger partial charge in [0.2, 0.25) is 0 Å². The van der Waals surface area contributed by atoms with Gasteiger partial charge in [-0.1, -0.05) is 30.3 Å². The fraction of sp³-hybridized carbons (Fsp3) is 0.231. The highest BCUT2D eigenvalue weighted by Gasteiger charge is 2.04. The molecule has 0 aliphatic carbocycles. The number of carbonyl (C=O) groups is 1. The van der Waals surface area contributed by atoms with Crippen LogP contribution in [0.2, 0.25) is 0 Å². The standard InChI is InChI=1S/C13H15N3O/c17-13(12-9-15-16-10-12)14-8-4-7-11-5-2-1-3-6-11/h1-3,5-6,9-10H,4,7-8H2,(H,14,17)(H,15,16). The van der Waals surface area contributed by atoms with Crippen molar-refractivity contribution in [3.63, 3.8) is 0 Å². The van der Waals surface area contributed by atoms with Gasteiger partial charge in [-0.05, 0) is 18.4 Å². The molecule has 0 aliphatic heterocycles. The minimum Gasteiger partial charge on any atom is -0.352 e. The molecule has 0 bridgehead atoms. The molecule has 0 unspecified atom stereocenters. The quantitative estimate of drug-likeness (QED) is 0.768. The van der Waals surface area contributed by atoms with E-state index in [1.54, 1.807) is 6.20 Å². The molecule has 0 spiro atoms. The number of H-pyrrole nitrogens is 1. The van der Waals surface area contributed by atoms with Crippen molar-refractivity contribution in [3.8, 4) is 0 Å². The average molecular weight is 229 g/mol. The van der Waals surface area contributed by atoms with Crippen molar-refractivity contribution in [2.45, 2.75) is 12.8 Å².